The number of carbonyl (C=O) groups is 2. The van der Waals surface area contributed by atoms with Gasteiger partial charge in [-0.05, 0) is 49.4 Å². The Balaban J connectivity index is 1.71. The van der Waals surface area contributed by atoms with Gasteiger partial charge in [0, 0.05) is 23.6 Å². The lowest BCUT2D eigenvalue weighted by atomic mass is 10.1. The van der Waals surface area contributed by atoms with Crippen molar-refractivity contribution < 1.29 is 14.3 Å². The van der Waals surface area contributed by atoms with Crippen LogP contribution >= 0.6 is 11.6 Å². The number of nitrogens with zero attached hydrogens (tertiary/aromatic N) is 4. The summed E-state index contributed by atoms with van der Waals surface area (Å²) >= 11 is 6.02. The maximum atomic E-state index is 12.6. The number of halogens is 1. The molecule has 0 spiro atoms. The first-order valence-electron chi connectivity index (χ1n) is 9.77. The van der Waals surface area contributed by atoms with Crippen molar-refractivity contribution in [2.45, 2.75) is 6.92 Å². The Morgan fingerprint density at radius 2 is 1.88 bits per heavy atom. The number of anilines is 1. The second-order valence-corrected chi connectivity index (χ2v) is 6.97. The zero-order valence-corrected chi connectivity index (χ0v) is 17.8. The van der Waals surface area contributed by atoms with E-state index < -0.39 is 5.97 Å². The fourth-order valence-electron chi connectivity index (χ4n) is 3.06. The highest BCUT2D eigenvalue weighted by atomic mass is 35.5. The summed E-state index contributed by atoms with van der Waals surface area (Å²) in [6.07, 6.45) is 3.15. The molecule has 0 saturated carbocycles. The van der Waals surface area contributed by atoms with Gasteiger partial charge >= 0.3 is 5.97 Å². The Morgan fingerprint density at radius 1 is 1.03 bits per heavy atom. The minimum atomic E-state index is -0.529. The third kappa shape index (κ3) is 4.50. The van der Waals surface area contributed by atoms with Gasteiger partial charge in [0.1, 0.15) is 5.15 Å². The average Bonchev–Trinajstić information content (AvgIpc) is 3.26. The second-order valence-electron chi connectivity index (χ2n) is 6.61. The highest BCUT2D eigenvalue weighted by Crippen LogP contribution is 2.27. The highest BCUT2D eigenvalue weighted by Gasteiger charge is 2.19. The predicted molar refractivity (Wildman–Crippen MR) is 120 cm³/mol. The van der Waals surface area contributed by atoms with E-state index in [-0.39, 0.29) is 28.9 Å². The molecule has 0 fully saturated rings. The fourth-order valence-corrected chi connectivity index (χ4v) is 3.26. The molecule has 4 aromatic rings. The summed E-state index contributed by atoms with van der Waals surface area (Å²) in [5.74, 6) is -0.376. The number of ether oxygens (including phenoxy) is 1. The third-order valence-corrected chi connectivity index (χ3v) is 4.78. The number of hydrogen-bond acceptors (Lipinski definition) is 6. The summed E-state index contributed by atoms with van der Waals surface area (Å²) < 4.78 is 6.65. The van der Waals surface area contributed by atoms with Crippen LogP contribution in [0.2, 0.25) is 5.15 Å². The lowest BCUT2D eigenvalue weighted by Crippen LogP contribution is -2.13. The summed E-state index contributed by atoms with van der Waals surface area (Å²) in [6.45, 7) is 1.97. The summed E-state index contributed by atoms with van der Waals surface area (Å²) in [5.41, 5.74) is 2.29. The standard InChI is InChI=1S/C23H18ClN5O3/c1-2-32-23(31)18-14-19(29(28-18)20-10-3-4-11-25-20)15-7-5-8-16(13-15)27-22(30)17-9-6-12-26-21(17)24/h3-14H,2H2,1H3,(H,27,30). The molecule has 0 bridgehead atoms. The van der Waals surface area contributed by atoms with Gasteiger partial charge in [-0.3, -0.25) is 4.79 Å². The van der Waals surface area contributed by atoms with Crippen molar-refractivity contribution in [2.75, 3.05) is 11.9 Å². The van der Waals surface area contributed by atoms with E-state index in [1.807, 2.05) is 12.1 Å². The molecule has 0 unspecified atom stereocenters. The van der Waals surface area contributed by atoms with E-state index in [1.165, 1.54) is 6.20 Å². The van der Waals surface area contributed by atoms with Gasteiger partial charge in [0.25, 0.3) is 5.91 Å². The van der Waals surface area contributed by atoms with Crippen molar-refractivity contribution in [2.24, 2.45) is 0 Å². The summed E-state index contributed by atoms with van der Waals surface area (Å²) in [6, 6.07) is 17.4. The maximum absolute atomic E-state index is 12.6. The number of hydrogen-bond donors (Lipinski definition) is 1. The quantitative estimate of drug-likeness (QED) is 0.347. The Morgan fingerprint density at radius 3 is 2.62 bits per heavy atom. The largest absolute Gasteiger partial charge is 0.461 e. The third-order valence-electron chi connectivity index (χ3n) is 4.48. The van der Waals surface area contributed by atoms with E-state index in [0.29, 0.717) is 22.8 Å². The maximum Gasteiger partial charge on any atom is 0.358 e. The summed E-state index contributed by atoms with van der Waals surface area (Å²) in [5, 5.41) is 7.33. The molecule has 32 heavy (non-hydrogen) atoms. The van der Waals surface area contributed by atoms with Gasteiger partial charge < -0.3 is 10.1 Å². The molecule has 0 aliphatic rings. The molecule has 0 saturated heterocycles. The monoisotopic (exact) mass is 447 g/mol. The van der Waals surface area contributed by atoms with Gasteiger partial charge in [-0.2, -0.15) is 5.10 Å². The normalized spacial score (nSPS) is 10.6. The first kappa shape index (κ1) is 21.2. The molecule has 0 aliphatic heterocycles. The SMILES string of the molecule is CCOC(=O)c1cc(-c2cccc(NC(=O)c3cccnc3Cl)c2)n(-c2ccccn2)n1. The van der Waals surface area contributed by atoms with E-state index in [4.69, 9.17) is 16.3 Å². The molecular formula is C23H18ClN5O3. The number of esters is 1. The molecule has 1 amide bonds. The van der Waals surface area contributed by atoms with E-state index in [9.17, 15) is 9.59 Å². The van der Waals surface area contributed by atoms with E-state index in [0.717, 1.165) is 0 Å². The molecular weight excluding hydrogens is 430 g/mol. The van der Waals surface area contributed by atoms with E-state index in [1.54, 1.807) is 66.3 Å². The first-order chi connectivity index (χ1) is 15.6. The number of carbonyl (C=O) groups excluding carboxylic acids is 2. The first-order valence-corrected chi connectivity index (χ1v) is 10.2. The van der Waals surface area contributed by atoms with Gasteiger partial charge in [-0.1, -0.05) is 29.8 Å². The van der Waals surface area contributed by atoms with Crippen molar-refractivity contribution in [1.29, 1.82) is 0 Å². The minimum Gasteiger partial charge on any atom is -0.461 e. The fraction of sp³-hybridized carbons (Fsp3) is 0.0870. The highest BCUT2D eigenvalue weighted by molar-refractivity contribution is 6.33. The molecule has 3 aromatic heterocycles. The molecule has 0 atom stereocenters. The minimum absolute atomic E-state index is 0.119. The van der Waals surface area contributed by atoms with Crippen molar-refractivity contribution in [3.8, 4) is 17.1 Å². The molecule has 1 aromatic carbocycles. The average molecular weight is 448 g/mol. The van der Waals surface area contributed by atoms with Crippen molar-refractivity contribution in [1.82, 2.24) is 19.7 Å². The van der Waals surface area contributed by atoms with Crippen LogP contribution in [0.3, 0.4) is 0 Å². The number of benzene rings is 1. The van der Waals surface area contributed by atoms with Crippen LogP contribution in [0.15, 0.2) is 73.1 Å². The molecule has 9 heteroatoms. The van der Waals surface area contributed by atoms with Crippen LogP contribution < -0.4 is 5.32 Å². The van der Waals surface area contributed by atoms with Gasteiger partial charge in [0.15, 0.2) is 11.5 Å². The molecule has 0 aliphatic carbocycles. The number of pyridine rings is 2. The van der Waals surface area contributed by atoms with Gasteiger partial charge in [0.05, 0.1) is 17.9 Å². The van der Waals surface area contributed by atoms with Gasteiger partial charge in [0.2, 0.25) is 0 Å². The molecule has 1 N–H and O–H groups in total. The van der Waals surface area contributed by atoms with Crippen LogP contribution in [0.4, 0.5) is 5.69 Å². The van der Waals surface area contributed by atoms with E-state index >= 15 is 0 Å². The summed E-state index contributed by atoms with van der Waals surface area (Å²) in [4.78, 5) is 33.2. The topological polar surface area (TPSA) is 99.0 Å². The lowest BCUT2D eigenvalue weighted by molar-refractivity contribution is 0.0519. The van der Waals surface area contributed by atoms with Crippen LogP contribution in [0, 0.1) is 0 Å². The van der Waals surface area contributed by atoms with Crippen molar-refractivity contribution >= 4 is 29.2 Å². The molecule has 3 heterocycles. The van der Waals surface area contributed by atoms with E-state index in [2.05, 4.69) is 20.4 Å². The van der Waals surface area contributed by atoms with Crippen LogP contribution in [0.5, 0.6) is 0 Å². The van der Waals surface area contributed by atoms with Gasteiger partial charge in [-0.15, -0.1) is 0 Å². The smallest absolute Gasteiger partial charge is 0.358 e. The Labute approximate surface area is 188 Å². The lowest BCUT2D eigenvalue weighted by Gasteiger charge is -2.10. The Kier molecular flexibility index (Phi) is 6.23. The zero-order chi connectivity index (χ0) is 22.5. The molecule has 4 rings (SSSR count). The summed E-state index contributed by atoms with van der Waals surface area (Å²) in [7, 11) is 0. The Bertz CT molecular complexity index is 1270. The molecule has 8 nitrogen and oxygen atoms in total. The molecule has 0 radical (unpaired) electrons. The zero-order valence-electron chi connectivity index (χ0n) is 17.0. The number of rotatable bonds is 6. The predicted octanol–water partition coefficient (Wildman–Crippen LogP) is 4.41. The van der Waals surface area contributed by atoms with Crippen molar-refractivity contribution in [3.05, 3.63) is 89.5 Å². The number of aromatic nitrogens is 4. The second kappa shape index (κ2) is 9.40. The van der Waals surface area contributed by atoms with Crippen LogP contribution in [0.25, 0.3) is 17.1 Å². The Hall–Kier alpha value is -4.04. The number of nitrogens with one attached hydrogen (secondary N) is 1. The molecule has 160 valence electrons. The van der Waals surface area contributed by atoms with Crippen LogP contribution in [-0.4, -0.2) is 38.2 Å². The van der Waals surface area contributed by atoms with Gasteiger partial charge in [-0.25, -0.2) is 19.4 Å². The van der Waals surface area contributed by atoms with Crippen molar-refractivity contribution in [3.63, 3.8) is 0 Å². The van der Waals surface area contributed by atoms with Crippen LogP contribution in [0.1, 0.15) is 27.8 Å². The number of amides is 1. The van der Waals surface area contributed by atoms with Crippen LogP contribution in [-0.2, 0) is 4.74 Å².